The average molecular weight is 412 g/mol. The fraction of sp³-hybridized carbons (Fsp3) is 0.400. The van der Waals surface area contributed by atoms with Gasteiger partial charge in [0.1, 0.15) is 16.9 Å². The van der Waals surface area contributed by atoms with Crippen molar-refractivity contribution in [1.29, 1.82) is 0 Å². The number of rotatable bonds is 2. The zero-order valence-corrected chi connectivity index (χ0v) is 12.3. The van der Waals surface area contributed by atoms with Crippen LogP contribution >= 0.6 is 11.6 Å². The molecule has 2 nitrogen and oxygen atoms in total. The predicted octanol–water partition coefficient (Wildman–Crippen LogP) is 4.84. The number of alkyl halides is 10. The Bertz CT molecular complexity index is 612. The van der Waals surface area contributed by atoms with Crippen LogP contribution < -0.4 is 5.73 Å². The second-order valence-electron chi connectivity index (χ2n) is 4.24. The second-order valence-corrected chi connectivity index (χ2v) is 6.09. The minimum atomic E-state index is -6.58. The predicted molar refractivity (Wildman–Crippen MR) is 63.2 cm³/mol. The molecule has 0 aliphatic carbocycles. The van der Waals surface area contributed by atoms with Gasteiger partial charge in [0.05, 0.1) is 5.02 Å². The van der Waals surface area contributed by atoms with E-state index in [2.05, 4.69) is 0 Å². The number of hydrogen-bond acceptors (Lipinski definition) is 2. The normalized spacial score (nSPS) is 15.5. The van der Waals surface area contributed by atoms with Gasteiger partial charge in [0, 0.05) is 11.6 Å². The lowest BCUT2D eigenvalue weighted by Gasteiger charge is -2.30. The molecule has 1 rings (SSSR count). The van der Waals surface area contributed by atoms with Crippen LogP contribution in [0.5, 0.6) is 0 Å². The number of nitrogens with two attached hydrogens (primary N) is 1. The van der Waals surface area contributed by atoms with Crippen molar-refractivity contribution in [3.8, 4) is 0 Å². The van der Waals surface area contributed by atoms with Crippen LogP contribution in [0.4, 0.5) is 49.6 Å². The Morgan fingerprint density at radius 3 is 1.62 bits per heavy atom. The molecule has 0 aromatic heterocycles. The molecule has 0 spiro atoms. The third-order valence-electron chi connectivity index (χ3n) is 2.68. The van der Waals surface area contributed by atoms with Gasteiger partial charge in [0.15, 0.2) is 4.90 Å². The average Bonchev–Trinajstić information content (AvgIpc) is 2.36. The highest BCUT2D eigenvalue weighted by molar-refractivity contribution is 7.92. The lowest BCUT2D eigenvalue weighted by Crippen LogP contribution is -2.50. The minimum absolute atomic E-state index is 0.227. The van der Waals surface area contributed by atoms with Gasteiger partial charge < -0.3 is 10.3 Å². The molecule has 0 saturated carbocycles. The van der Waals surface area contributed by atoms with Crippen molar-refractivity contribution in [2.45, 2.75) is 28.4 Å². The van der Waals surface area contributed by atoms with Gasteiger partial charge in [-0.25, -0.2) is 4.39 Å². The first kappa shape index (κ1) is 21.0. The lowest BCUT2D eigenvalue weighted by molar-refractivity contribution is -0.348. The van der Waals surface area contributed by atoms with E-state index in [1.54, 1.807) is 0 Å². The molecule has 1 atom stereocenters. The molecule has 138 valence electrons. The van der Waals surface area contributed by atoms with Gasteiger partial charge in [-0.1, -0.05) is 11.6 Å². The van der Waals surface area contributed by atoms with E-state index >= 15 is 0 Å². The number of benzene rings is 1. The second kappa shape index (κ2) is 6.02. The highest BCUT2D eigenvalue weighted by atomic mass is 35.5. The first-order valence-corrected chi connectivity index (χ1v) is 6.87. The van der Waals surface area contributed by atoms with Crippen molar-refractivity contribution >= 4 is 28.5 Å². The highest BCUT2D eigenvalue weighted by Gasteiger charge is 2.73. The van der Waals surface area contributed by atoms with E-state index in [0.717, 1.165) is 0 Å². The van der Waals surface area contributed by atoms with E-state index in [9.17, 15) is 48.5 Å². The first-order chi connectivity index (χ1) is 10.4. The van der Waals surface area contributed by atoms with Gasteiger partial charge in [-0.15, -0.1) is 13.2 Å². The van der Waals surface area contributed by atoms with E-state index in [1.807, 2.05) is 0 Å². The summed E-state index contributed by atoms with van der Waals surface area (Å²) in [6.07, 6.45) is -13.2. The minimum Gasteiger partial charge on any atom is -0.604 e. The number of anilines is 1. The van der Waals surface area contributed by atoms with Crippen LogP contribution in [0, 0.1) is 0 Å². The Labute approximate surface area is 134 Å². The third-order valence-corrected chi connectivity index (χ3v) is 4.15. The largest absolute Gasteiger partial charge is 0.604 e. The molecule has 14 heteroatoms. The summed E-state index contributed by atoms with van der Waals surface area (Å²) < 4.78 is 138. The van der Waals surface area contributed by atoms with Crippen LogP contribution in [-0.2, 0) is 16.8 Å². The summed E-state index contributed by atoms with van der Waals surface area (Å²) in [4.78, 5) is -1.72. The smallest absolute Gasteiger partial charge is 0.578 e. The maximum atomic E-state index is 13.9. The van der Waals surface area contributed by atoms with Gasteiger partial charge in [-0.2, -0.15) is 26.3 Å². The van der Waals surface area contributed by atoms with E-state index in [4.69, 9.17) is 17.3 Å². The maximum absolute atomic E-state index is 13.9. The van der Waals surface area contributed by atoms with Crippen LogP contribution in [0.1, 0.15) is 5.56 Å². The number of halogens is 11. The molecular formula is C10H4ClF10NOS. The van der Waals surface area contributed by atoms with Crippen molar-refractivity contribution < 1.29 is 48.5 Å². The van der Waals surface area contributed by atoms with Crippen LogP contribution in [0.25, 0.3) is 0 Å². The summed E-state index contributed by atoms with van der Waals surface area (Å²) in [5, 5.41) is -1.25. The van der Waals surface area contributed by atoms with Gasteiger partial charge >= 0.3 is 23.5 Å². The Balaban J connectivity index is 3.75. The molecule has 24 heavy (non-hydrogen) atoms. The summed E-state index contributed by atoms with van der Waals surface area (Å²) >= 11 is 1.06. The molecular weight excluding hydrogens is 408 g/mol. The van der Waals surface area contributed by atoms with Gasteiger partial charge in [-0.05, 0) is 6.07 Å². The Morgan fingerprint density at radius 2 is 1.29 bits per heavy atom. The topological polar surface area (TPSA) is 49.1 Å². The molecule has 2 N–H and O–H groups in total. The van der Waals surface area contributed by atoms with Crippen LogP contribution in [0.3, 0.4) is 0 Å². The quantitative estimate of drug-likeness (QED) is 0.430. The molecule has 1 aromatic rings. The van der Waals surface area contributed by atoms with E-state index in [0.29, 0.717) is 0 Å². The lowest BCUT2D eigenvalue weighted by atomic mass is 9.94. The first-order valence-electron chi connectivity index (χ1n) is 5.35. The number of hydrogen-bond donors (Lipinski definition) is 1. The number of nitrogen functional groups attached to an aromatic ring is 1. The molecule has 1 unspecified atom stereocenters. The molecule has 0 saturated heterocycles. The van der Waals surface area contributed by atoms with E-state index in [1.165, 1.54) is 0 Å². The van der Waals surface area contributed by atoms with E-state index in [-0.39, 0.29) is 6.07 Å². The fourth-order valence-electron chi connectivity index (χ4n) is 1.56. The molecule has 0 bridgehead atoms. The Hall–Kier alpha value is -1.08. The molecule has 0 heterocycles. The third kappa shape index (κ3) is 3.47. The Morgan fingerprint density at radius 1 is 0.875 bits per heavy atom. The van der Waals surface area contributed by atoms with Crippen molar-refractivity contribution in [2.75, 3.05) is 5.73 Å². The summed E-state index contributed by atoms with van der Waals surface area (Å²) in [5.74, 6) is 0. The zero-order chi connectivity index (χ0) is 19.3. The Kier molecular flexibility index (Phi) is 5.26. The highest BCUT2D eigenvalue weighted by Crippen LogP contribution is 2.54. The van der Waals surface area contributed by atoms with Crippen molar-refractivity contribution in [1.82, 2.24) is 0 Å². The molecule has 0 radical (unpaired) electrons. The van der Waals surface area contributed by atoms with E-state index < -0.39 is 61.9 Å². The fourth-order valence-corrected chi connectivity index (χ4v) is 2.63. The van der Waals surface area contributed by atoms with Crippen LogP contribution in [-0.4, -0.2) is 22.4 Å². The summed E-state index contributed by atoms with van der Waals surface area (Å²) in [6, 6.07) is -0.749. The van der Waals surface area contributed by atoms with Gasteiger partial charge in [0.2, 0.25) is 0 Å². The maximum Gasteiger partial charge on any atom is 0.578 e. The zero-order valence-electron chi connectivity index (χ0n) is 10.7. The summed E-state index contributed by atoms with van der Waals surface area (Å²) in [5.41, 5.74) is -10.1. The van der Waals surface area contributed by atoms with Crippen molar-refractivity contribution in [2.24, 2.45) is 0 Å². The molecule has 1 aromatic carbocycles. The SMILES string of the molecule is Nc1c(Cl)cc(C(F)(C(F)(F)F)C(F)(F)F)cc1[S+]([O-])C(F)(F)F. The molecule has 0 aliphatic rings. The summed E-state index contributed by atoms with van der Waals surface area (Å²) in [6.45, 7) is 0. The van der Waals surface area contributed by atoms with Gasteiger partial charge in [-0.3, -0.25) is 0 Å². The van der Waals surface area contributed by atoms with Crippen LogP contribution in [0.15, 0.2) is 17.0 Å². The van der Waals surface area contributed by atoms with Crippen molar-refractivity contribution in [3.05, 3.63) is 22.7 Å². The van der Waals surface area contributed by atoms with Crippen LogP contribution in [0.2, 0.25) is 5.02 Å². The monoisotopic (exact) mass is 411 g/mol. The molecule has 0 amide bonds. The van der Waals surface area contributed by atoms with Gasteiger partial charge in [0.25, 0.3) is 0 Å². The van der Waals surface area contributed by atoms with Crippen molar-refractivity contribution in [3.63, 3.8) is 0 Å². The molecule has 0 aliphatic heterocycles. The summed E-state index contributed by atoms with van der Waals surface area (Å²) in [7, 11) is 0. The standard InChI is InChI=1S/C10H4ClF10NOS/c11-4-1-3(7(12,8(13,14)15)9(16,17)18)2-5(6(4)22)24(23)10(19,20)21/h1-2H,22H2. The molecule has 0 fully saturated rings.